The normalized spacial score (nSPS) is 12.8. The van der Waals surface area contributed by atoms with E-state index in [1.54, 1.807) is 59.9 Å². The largest absolute Gasteiger partial charge is 0.465 e. The number of fused-ring (bicyclic) bond motifs is 1. The molecule has 0 saturated heterocycles. The monoisotopic (exact) mass is 496 g/mol. The van der Waals surface area contributed by atoms with E-state index < -0.39 is 40.8 Å². The van der Waals surface area contributed by atoms with E-state index in [0.717, 1.165) is 0 Å². The Bertz CT molecular complexity index is 1350. The molecule has 192 valence electrons. The molecule has 9 heteroatoms. The zero-order valence-electron chi connectivity index (χ0n) is 21.7. The number of carbonyl (C=O) groups excluding carboxylic acids is 3. The molecule has 1 aromatic carbocycles. The number of ether oxygens (including phenoxy) is 3. The topological polar surface area (TPSA) is 106 Å². The van der Waals surface area contributed by atoms with Gasteiger partial charge in [-0.3, -0.25) is 9.36 Å². The first-order valence-corrected chi connectivity index (χ1v) is 11.6. The van der Waals surface area contributed by atoms with E-state index in [1.807, 2.05) is 12.1 Å². The third-order valence-corrected chi connectivity index (χ3v) is 5.19. The second kappa shape index (κ2) is 10.0. The summed E-state index contributed by atoms with van der Waals surface area (Å²) >= 11 is 0. The van der Waals surface area contributed by atoms with E-state index in [1.165, 1.54) is 34.6 Å². The molecule has 2 aromatic heterocycles. The summed E-state index contributed by atoms with van der Waals surface area (Å²) in [6.45, 7) is 10.5. The van der Waals surface area contributed by atoms with E-state index in [9.17, 15) is 19.2 Å². The molecule has 0 N–H and O–H groups in total. The maximum atomic E-state index is 13.3. The van der Waals surface area contributed by atoms with E-state index in [4.69, 9.17) is 14.2 Å². The van der Waals surface area contributed by atoms with Crippen LogP contribution in [0.4, 0.5) is 4.79 Å². The molecule has 0 radical (unpaired) electrons. The smallest absolute Gasteiger partial charge is 0.419 e. The van der Waals surface area contributed by atoms with Crippen molar-refractivity contribution in [1.82, 2.24) is 9.13 Å². The van der Waals surface area contributed by atoms with Crippen LogP contribution in [0.2, 0.25) is 0 Å². The summed E-state index contributed by atoms with van der Waals surface area (Å²) in [5.74, 6) is -1.46. The zero-order valence-corrected chi connectivity index (χ0v) is 21.7. The van der Waals surface area contributed by atoms with Crippen LogP contribution in [0.1, 0.15) is 63.5 Å². The Morgan fingerprint density at radius 2 is 1.56 bits per heavy atom. The molecule has 36 heavy (non-hydrogen) atoms. The molecule has 0 aliphatic rings. The lowest BCUT2D eigenvalue weighted by Gasteiger charge is -2.25. The number of hydrogen-bond acceptors (Lipinski definition) is 7. The van der Waals surface area contributed by atoms with Crippen molar-refractivity contribution in [3.05, 3.63) is 70.3 Å². The SMILES string of the molecule is COC(=O)c1cccn(C(Cc2cn(C(=O)OC(C)(C)C)c3ccccc23)C(=O)OC(C)(C)C)c1=O. The molecule has 0 amide bonds. The Balaban J connectivity index is 2.14. The maximum Gasteiger partial charge on any atom is 0.419 e. The molecule has 2 heterocycles. The predicted octanol–water partition coefficient (Wildman–Crippen LogP) is 4.50. The minimum absolute atomic E-state index is 0.0236. The third kappa shape index (κ3) is 6.02. The second-order valence-corrected chi connectivity index (χ2v) is 10.4. The fourth-order valence-corrected chi connectivity index (χ4v) is 3.77. The minimum Gasteiger partial charge on any atom is -0.465 e. The van der Waals surface area contributed by atoms with Crippen LogP contribution in [-0.4, -0.2) is 45.5 Å². The van der Waals surface area contributed by atoms with Gasteiger partial charge in [-0.15, -0.1) is 0 Å². The molecule has 3 aromatic rings. The van der Waals surface area contributed by atoms with Crippen molar-refractivity contribution in [3.63, 3.8) is 0 Å². The number of esters is 2. The number of carbonyl (C=O) groups is 3. The highest BCUT2D eigenvalue weighted by Gasteiger charge is 2.31. The number of para-hydroxylation sites is 1. The van der Waals surface area contributed by atoms with Crippen LogP contribution < -0.4 is 5.56 Å². The van der Waals surface area contributed by atoms with Crippen LogP contribution in [0.5, 0.6) is 0 Å². The average Bonchev–Trinajstić information content (AvgIpc) is 3.14. The highest BCUT2D eigenvalue weighted by atomic mass is 16.6. The Morgan fingerprint density at radius 1 is 0.917 bits per heavy atom. The first kappa shape index (κ1) is 26.7. The molecular weight excluding hydrogens is 464 g/mol. The molecule has 1 atom stereocenters. The van der Waals surface area contributed by atoms with Crippen molar-refractivity contribution < 1.29 is 28.6 Å². The van der Waals surface area contributed by atoms with Crippen LogP contribution in [0, 0.1) is 0 Å². The van der Waals surface area contributed by atoms with Gasteiger partial charge in [0.25, 0.3) is 5.56 Å². The van der Waals surface area contributed by atoms with Gasteiger partial charge in [0.2, 0.25) is 0 Å². The molecule has 0 bridgehead atoms. The first-order valence-electron chi connectivity index (χ1n) is 11.6. The summed E-state index contributed by atoms with van der Waals surface area (Å²) in [6.07, 6.45) is 2.49. The highest BCUT2D eigenvalue weighted by Crippen LogP contribution is 2.27. The standard InChI is InChI=1S/C27H32N2O7/c1-26(2,3)35-24(32)21(28-14-10-12-19(22(28)30)23(31)34-7)15-17-16-29(25(33)36-27(4,5)6)20-13-9-8-11-18(17)20/h8-14,16,21H,15H2,1-7H3. The number of methoxy groups -OCH3 is 1. The van der Waals surface area contributed by atoms with Crippen LogP contribution in [0.3, 0.4) is 0 Å². The van der Waals surface area contributed by atoms with Gasteiger partial charge in [-0.25, -0.2) is 14.4 Å². The molecule has 1 unspecified atom stereocenters. The van der Waals surface area contributed by atoms with E-state index >= 15 is 0 Å². The first-order chi connectivity index (χ1) is 16.7. The Morgan fingerprint density at radius 3 is 2.17 bits per heavy atom. The lowest BCUT2D eigenvalue weighted by Crippen LogP contribution is -2.37. The summed E-state index contributed by atoms with van der Waals surface area (Å²) in [6, 6.07) is 8.93. The van der Waals surface area contributed by atoms with Gasteiger partial charge in [0, 0.05) is 24.2 Å². The summed E-state index contributed by atoms with van der Waals surface area (Å²) in [5, 5.41) is 0.717. The molecule has 3 rings (SSSR count). The predicted molar refractivity (Wildman–Crippen MR) is 134 cm³/mol. The van der Waals surface area contributed by atoms with Crippen LogP contribution >= 0.6 is 0 Å². The molecular formula is C27H32N2O7. The molecule has 0 aliphatic carbocycles. The Hall–Kier alpha value is -3.88. The number of hydrogen-bond donors (Lipinski definition) is 0. The number of rotatable bonds is 5. The van der Waals surface area contributed by atoms with Crippen molar-refractivity contribution in [1.29, 1.82) is 0 Å². The average molecular weight is 497 g/mol. The number of nitrogens with zero attached hydrogens (tertiary/aromatic N) is 2. The molecule has 0 saturated carbocycles. The van der Waals surface area contributed by atoms with Gasteiger partial charge in [0.15, 0.2) is 0 Å². The fourth-order valence-electron chi connectivity index (χ4n) is 3.77. The number of aromatic nitrogens is 2. The van der Waals surface area contributed by atoms with Gasteiger partial charge in [-0.2, -0.15) is 0 Å². The number of benzene rings is 1. The van der Waals surface area contributed by atoms with Crippen LogP contribution in [0.25, 0.3) is 10.9 Å². The molecule has 0 aliphatic heterocycles. The van der Waals surface area contributed by atoms with Gasteiger partial charge in [0.1, 0.15) is 22.8 Å². The van der Waals surface area contributed by atoms with Crippen molar-refractivity contribution >= 4 is 28.9 Å². The second-order valence-electron chi connectivity index (χ2n) is 10.4. The summed E-state index contributed by atoms with van der Waals surface area (Å²) in [4.78, 5) is 51.6. The molecule has 0 spiro atoms. The van der Waals surface area contributed by atoms with Crippen LogP contribution in [0.15, 0.2) is 53.6 Å². The zero-order chi connectivity index (χ0) is 26.8. The summed E-state index contributed by atoms with van der Waals surface area (Å²) < 4.78 is 18.4. The van der Waals surface area contributed by atoms with Crippen molar-refractivity contribution in [3.8, 4) is 0 Å². The lowest BCUT2D eigenvalue weighted by atomic mass is 10.0. The Kier molecular flexibility index (Phi) is 7.43. The van der Waals surface area contributed by atoms with E-state index in [2.05, 4.69) is 0 Å². The maximum absolute atomic E-state index is 13.3. The highest BCUT2D eigenvalue weighted by molar-refractivity contribution is 5.92. The quantitative estimate of drug-likeness (QED) is 0.378. The summed E-state index contributed by atoms with van der Waals surface area (Å²) in [5.41, 5.74) is -1.18. The third-order valence-electron chi connectivity index (χ3n) is 5.19. The summed E-state index contributed by atoms with van der Waals surface area (Å²) in [7, 11) is 1.18. The fraction of sp³-hybridized carbons (Fsp3) is 0.407. The van der Waals surface area contributed by atoms with Gasteiger partial charge < -0.3 is 18.8 Å². The van der Waals surface area contributed by atoms with Crippen molar-refractivity contribution in [2.24, 2.45) is 0 Å². The van der Waals surface area contributed by atoms with Gasteiger partial charge in [-0.05, 0) is 65.3 Å². The van der Waals surface area contributed by atoms with Gasteiger partial charge in [-0.1, -0.05) is 18.2 Å². The van der Waals surface area contributed by atoms with Crippen molar-refractivity contribution in [2.45, 2.75) is 65.2 Å². The lowest BCUT2D eigenvalue weighted by molar-refractivity contribution is -0.159. The number of pyridine rings is 1. The van der Waals surface area contributed by atoms with Crippen molar-refractivity contribution in [2.75, 3.05) is 7.11 Å². The van der Waals surface area contributed by atoms with Gasteiger partial charge >= 0.3 is 18.0 Å². The minimum atomic E-state index is -1.11. The van der Waals surface area contributed by atoms with Crippen LogP contribution in [-0.2, 0) is 25.4 Å². The van der Waals surface area contributed by atoms with E-state index in [-0.39, 0.29) is 12.0 Å². The Labute approximate surface area is 209 Å². The van der Waals surface area contributed by atoms with E-state index in [0.29, 0.717) is 16.5 Å². The van der Waals surface area contributed by atoms with Gasteiger partial charge in [0.05, 0.1) is 12.6 Å². The molecule has 9 nitrogen and oxygen atoms in total. The molecule has 0 fully saturated rings.